The lowest BCUT2D eigenvalue weighted by atomic mass is 10.3. The fraction of sp³-hybridized carbons (Fsp3) is 0.182. The van der Waals surface area contributed by atoms with Crippen LogP contribution in [0.25, 0.3) is 0 Å². The lowest BCUT2D eigenvalue weighted by Crippen LogP contribution is -2.18. The topological polar surface area (TPSA) is 98.1 Å². The van der Waals surface area contributed by atoms with Crippen molar-refractivity contribution in [3.63, 3.8) is 0 Å². The Kier molecular flexibility index (Phi) is 7.98. The second-order valence-corrected chi connectivity index (χ2v) is 7.54. The molecule has 8 nitrogen and oxygen atoms in total. The molecule has 10 heteroatoms. The summed E-state index contributed by atoms with van der Waals surface area (Å²) < 4.78 is 19.9. The smallest absolute Gasteiger partial charge is 0.234 e. The second-order valence-electron chi connectivity index (χ2n) is 6.60. The van der Waals surface area contributed by atoms with Crippen molar-refractivity contribution in [3.05, 3.63) is 72.8 Å². The van der Waals surface area contributed by atoms with Gasteiger partial charge in [0.25, 0.3) is 0 Å². The number of carbonyl (C=O) groups is 2. The first-order valence-corrected chi connectivity index (χ1v) is 10.6. The van der Waals surface area contributed by atoms with Gasteiger partial charge in [0.2, 0.25) is 11.8 Å². The SMILES string of the molecule is C=CCn1c(CC(=O)Nc2cccc(OC)c2)nnc1SCC(=O)Nc1ccc(F)cc1. The summed E-state index contributed by atoms with van der Waals surface area (Å²) in [5, 5.41) is 14.2. The Hall–Kier alpha value is -3.66. The van der Waals surface area contributed by atoms with Crippen molar-refractivity contribution in [1.29, 1.82) is 0 Å². The fourth-order valence-corrected chi connectivity index (χ4v) is 3.55. The molecule has 0 saturated carbocycles. The van der Waals surface area contributed by atoms with Crippen LogP contribution in [0.3, 0.4) is 0 Å². The van der Waals surface area contributed by atoms with Gasteiger partial charge >= 0.3 is 0 Å². The van der Waals surface area contributed by atoms with Crippen molar-refractivity contribution < 1.29 is 18.7 Å². The molecule has 0 radical (unpaired) electrons. The largest absolute Gasteiger partial charge is 0.497 e. The minimum absolute atomic E-state index is 0.000383. The van der Waals surface area contributed by atoms with Crippen molar-refractivity contribution in [2.45, 2.75) is 18.1 Å². The molecule has 0 aliphatic heterocycles. The number of methoxy groups -OCH3 is 1. The van der Waals surface area contributed by atoms with E-state index in [4.69, 9.17) is 4.74 Å². The molecule has 0 aliphatic carbocycles. The van der Waals surface area contributed by atoms with E-state index in [1.165, 1.54) is 36.0 Å². The first-order chi connectivity index (χ1) is 15.5. The number of nitrogens with zero attached hydrogens (tertiary/aromatic N) is 3. The van der Waals surface area contributed by atoms with Crippen LogP contribution in [0.15, 0.2) is 66.3 Å². The van der Waals surface area contributed by atoms with Crippen LogP contribution in [0.1, 0.15) is 5.82 Å². The normalized spacial score (nSPS) is 10.4. The van der Waals surface area contributed by atoms with Crippen molar-refractivity contribution in [3.8, 4) is 5.75 Å². The van der Waals surface area contributed by atoms with Gasteiger partial charge in [-0.2, -0.15) is 0 Å². The number of ether oxygens (including phenoxy) is 1. The quantitative estimate of drug-likeness (QED) is 0.359. The number of nitrogens with one attached hydrogen (secondary N) is 2. The van der Waals surface area contributed by atoms with Crippen LogP contribution in [-0.2, 0) is 22.6 Å². The highest BCUT2D eigenvalue weighted by molar-refractivity contribution is 7.99. The van der Waals surface area contributed by atoms with Gasteiger partial charge in [-0.3, -0.25) is 9.59 Å². The molecule has 3 rings (SSSR count). The molecule has 0 bridgehead atoms. The minimum Gasteiger partial charge on any atom is -0.497 e. The second kappa shape index (κ2) is 11.1. The van der Waals surface area contributed by atoms with E-state index in [2.05, 4.69) is 27.4 Å². The van der Waals surface area contributed by atoms with Gasteiger partial charge in [0.15, 0.2) is 5.16 Å². The number of carbonyl (C=O) groups excluding carboxylic acids is 2. The summed E-state index contributed by atoms with van der Waals surface area (Å²) in [7, 11) is 1.55. The molecule has 2 aromatic carbocycles. The number of allylic oxidation sites excluding steroid dienone is 1. The zero-order valence-corrected chi connectivity index (χ0v) is 18.2. The number of halogens is 1. The van der Waals surface area contributed by atoms with E-state index in [-0.39, 0.29) is 29.8 Å². The van der Waals surface area contributed by atoms with E-state index in [0.717, 1.165) is 0 Å². The average molecular weight is 456 g/mol. The highest BCUT2D eigenvalue weighted by Gasteiger charge is 2.16. The lowest BCUT2D eigenvalue weighted by Gasteiger charge is -2.09. The molecule has 0 spiro atoms. The molecule has 1 aromatic heterocycles. The molecule has 3 aromatic rings. The average Bonchev–Trinajstić information content (AvgIpc) is 3.15. The number of benzene rings is 2. The third-order valence-electron chi connectivity index (χ3n) is 4.24. The Morgan fingerprint density at radius 1 is 1.12 bits per heavy atom. The van der Waals surface area contributed by atoms with E-state index < -0.39 is 0 Å². The van der Waals surface area contributed by atoms with E-state index >= 15 is 0 Å². The van der Waals surface area contributed by atoms with E-state index in [1.807, 2.05) is 0 Å². The van der Waals surface area contributed by atoms with Crippen molar-refractivity contribution in [2.24, 2.45) is 0 Å². The van der Waals surface area contributed by atoms with Gasteiger partial charge in [0.05, 0.1) is 19.3 Å². The minimum atomic E-state index is -0.377. The zero-order valence-electron chi connectivity index (χ0n) is 17.4. The summed E-state index contributed by atoms with van der Waals surface area (Å²) in [6.45, 7) is 4.12. The van der Waals surface area contributed by atoms with Crippen molar-refractivity contribution in [1.82, 2.24) is 14.8 Å². The van der Waals surface area contributed by atoms with Gasteiger partial charge in [-0.25, -0.2) is 4.39 Å². The van der Waals surface area contributed by atoms with Gasteiger partial charge in [0, 0.05) is 24.0 Å². The first-order valence-electron chi connectivity index (χ1n) is 9.63. The molecule has 1 heterocycles. The number of anilines is 2. The van der Waals surface area contributed by atoms with Crippen LogP contribution >= 0.6 is 11.8 Å². The molecule has 0 saturated heterocycles. The Morgan fingerprint density at radius 2 is 1.88 bits per heavy atom. The number of hydrogen-bond donors (Lipinski definition) is 2. The third-order valence-corrected chi connectivity index (χ3v) is 5.20. The molecule has 32 heavy (non-hydrogen) atoms. The highest BCUT2D eigenvalue weighted by Crippen LogP contribution is 2.20. The Balaban J connectivity index is 1.61. The van der Waals surface area contributed by atoms with Crippen LogP contribution < -0.4 is 15.4 Å². The molecular weight excluding hydrogens is 433 g/mol. The van der Waals surface area contributed by atoms with Crippen LogP contribution in [0, 0.1) is 5.82 Å². The summed E-state index contributed by atoms with van der Waals surface area (Å²) >= 11 is 1.18. The zero-order chi connectivity index (χ0) is 22.9. The molecule has 2 amide bonds. The summed E-state index contributed by atoms with van der Waals surface area (Å²) in [5.74, 6) is 0.247. The van der Waals surface area contributed by atoms with Gasteiger partial charge in [0.1, 0.15) is 17.4 Å². The number of thioether (sulfide) groups is 1. The van der Waals surface area contributed by atoms with Gasteiger partial charge < -0.3 is 19.9 Å². The van der Waals surface area contributed by atoms with E-state index in [1.54, 1.807) is 42.0 Å². The monoisotopic (exact) mass is 455 g/mol. The van der Waals surface area contributed by atoms with Gasteiger partial charge in [-0.1, -0.05) is 23.9 Å². The third kappa shape index (κ3) is 6.42. The summed E-state index contributed by atoms with van der Waals surface area (Å²) in [4.78, 5) is 24.7. The van der Waals surface area contributed by atoms with E-state index in [0.29, 0.717) is 34.6 Å². The van der Waals surface area contributed by atoms with Gasteiger partial charge in [-0.15, -0.1) is 16.8 Å². The molecule has 2 N–H and O–H groups in total. The number of aromatic nitrogens is 3. The maximum absolute atomic E-state index is 13.0. The molecule has 0 aliphatic rings. The molecule has 166 valence electrons. The van der Waals surface area contributed by atoms with Crippen molar-refractivity contribution in [2.75, 3.05) is 23.5 Å². The lowest BCUT2D eigenvalue weighted by molar-refractivity contribution is -0.116. The number of rotatable bonds is 10. The van der Waals surface area contributed by atoms with Crippen LogP contribution in [0.4, 0.5) is 15.8 Å². The first kappa shape index (κ1) is 23.0. The summed E-state index contributed by atoms with van der Waals surface area (Å²) in [6.07, 6.45) is 1.66. The molecule has 0 atom stereocenters. The van der Waals surface area contributed by atoms with Crippen LogP contribution in [-0.4, -0.2) is 39.4 Å². The summed E-state index contributed by atoms with van der Waals surface area (Å²) in [6, 6.07) is 12.5. The predicted molar refractivity (Wildman–Crippen MR) is 121 cm³/mol. The van der Waals surface area contributed by atoms with Crippen LogP contribution in [0.2, 0.25) is 0 Å². The van der Waals surface area contributed by atoms with Crippen molar-refractivity contribution >= 4 is 35.0 Å². The Morgan fingerprint density at radius 3 is 2.59 bits per heavy atom. The Bertz CT molecular complexity index is 1100. The van der Waals surface area contributed by atoms with E-state index in [9.17, 15) is 14.0 Å². The Labute approximate surface area is 188 Å². The molecular formula is C22H22FN5O3S. The number of hydrogen-bond acceptors (Lipinski definition) is 6. The van der Waals surface area contributed by atoms with Gasteiger partial charge in [-0.05, 0) is 36.4 Å². The number of amides is 2. The highest BCUT2D eigenvalue weighted by atomic mass is 32.2. The molecule has 0 unspecified atom stereocenters. The standard InChI is InChI=1S/C22H22FN5O3S/c1-3-11-28-19(13-20(29)25-17-5-4-6-18(12-17)31-2)26-27-22(28)32-14-21(30)24-16-9-7-15(23)8-10-16/h3-10,12H,1,11,13-14H2,2H3,(H,24,30)(H,25,29). The maximum Gasteiger partial charge on any atom is 0.234 e. The summed E-state index contributed by atoms with van der Waals surface area (Å²) in [5.41, 5.74) is 1.11. The maximum atomic E-state index is 13.0. The predicted octanol–water partition coefficient (Wildman–Crippen LogP) is 3.52. The molecule has 0 fully saturated rings. The van der Waals surface area contributed by atoms with Crippen LogP contribution in [0.5, 0.6) is 5.75 Å². The fourth-order valence-electron chi connectivity index (χ4n) is 2.78.